The van der Waals surface area contributed by atoms with Gasteiger partial charge < -0.3 is 15.7 Å². The van der Waals surface area contributed by atoms with Crippen LogP contribution in [0.4, 0.5) is 13.6 Å². The minimum Gasteiger partial charge on any atom is -0.396 e. The summed E-state index contributed by atoms with van der Waals surface area (Å²) in [4.78, 5) is 12.0. The maximum atomic E-state index is 13.1. The van der Waals surface area contributed by atoms with Gasteiger partial charge in [0.05, 0.1) is 0 Å². The number of aliphatic hydroxyl groups is 1. The third-order valence-electron chi connectivity index (χ3n) is 5.22. The van der Waals surface area contributed by atoms with E-state index < -0.39 is 11.6 Å². The predicted octanol–water partition coefficient (Wildman–Crippen LogP) is 2.21. The van der Waals surface area contributed by atoms with Crippen molar-refractivity contribution in [3.05, 3.63) is 35.4 Å². The van der Waals surface area contributed by atoms with E-state index in [1.165, 1.54) is 12.1 Å². The molecule has 4 atom stereocenters. The van der Waals surface area contributed by atoms with Gasteiger partial charge in [0.2, 0.25) is 0 Å². The summed E-state index contributed by atoms with van der Waals surface area (Å²) in [5, 5.41) is 15.2. The molecule has 0 spiro atoms. The molecule has 2 bridgehead atoms. The smallest absolute Gasteiger partial charge is 0.315 e. The number of hydrogen-bond acceptors (Lipinski definition) is 2. The Morgan fingerprint density at radius 1 is 1.17 bits per heavy atom. The van der Waals surface area contributed by atoms with Crippen LogP contribution in [0.3, 0.4) is 0 Å². The largest absolute Gasteiger partial charge is 0.396 e. The highest BCUT2D eigenvalue weighted by Gasteiger charge is 2.47. The molecule has 0 aliphatic heterocycles. The van der Waals surface area contributed by atoms with E-state index in [0.29, 0.717) is 30.4 Å². The summed E-state index contributed by atoms with van der Waals surface area (Å²) in [5.74, 6) is -0.1000. The molecule has 0 aromatic heterocycles. The minimum absolute atomic E-state index is 0.0327. The maximum absolute atomic E-state index is 13.1. The molecule has 0 saturated heterocycles. The summed E-state index contributed by atoms with van der Waals surface area (Å²) in [6.07, 6.45) is 3.69. The molecule has 4 unspecified atom stereocenters. The van der Waals surface area contributed by atoms with Gasteiger partial charge in [-0.1, -0.05) is 0 Å². The number of hydrogen-bond donors (Lipinski definition) is 3. The SMILES string of the molecule is O=C(NCCc1cc(F)cc(F)c1)NC1C2CCC(C2)C1CO. The monoisotopic (exact) mass is 324 g/mol. The molecule has 1 aromatic carbocycles. The number of aliphatic hydroxyl groups excluding tert-OH is 1. The van der Waals surface area contributed by atoms with Crippen molar-refractivity contribution >= 4 is 6.03 Å². The van der Waals surface area contributed by atoms with Gasteiger partial charge in [0.1, 0.15) is 11.6 Å². The zero-order valence-electron chi connectivity index (χ0n) is 12.9. The molecule has 2 saturated carbocycles. The molecule has 4 nitrogen and oxygen atoms in total. The third kappa shape index (κ3) is 3.63. The highest BCUT2D eigenvalue weighted by Crippen LogP contribution is 2.48. The van der Waals surface area contributed by atoms with Crippen molar-refractivity contribution in [2.75, 3.05) is 13.2 Å². The Morgan fingerprint density at radius 2 is 1.87 bits per heavy atom. The van der Waals surface area contributed by atoms with E-state index in [0.717, 1.165) is 25.3 Å². The number of nitrogens with one attached hydrogen (secondary N) is 2. The van der Waals surface area contributed by atoms with E-state index in [-0.39, 0.29) is 24.6 Å². The Bertz CT molecular complexity index is 561. The molecular formula is C17H22F2N2O2. The molecule has 3 rings (SSSR count). The van der Waals surface area contributed by atoms with Crippen LogP contribution in [0.15, 0.2) is 18.2 Å². The number of urea groups is 1. The van der Waals surface area contributed by atoms with Crippen LogP contribution in [0, 0.1) is 29.4 Å². The van der Waals surface area contributed by atoms with E-state index in [9.17, 15) is 18.7 Å². The molecule has 6 heteroatoms. The van der Waals surface area contributed by atoms with Crippen LogP contribution >= 0.6 is 0 Å². The van der Waals surface area contributed by atoms with Crippen LogP contribution < -0.4 is 10.6 Å². The lowest BCUT2D eigenvalue weighted by atomic mass is 9.85. The second-order valence-corrected chi connectivity index (χ2v) is 6.63. The van der Waals surface area contributed by atoms with Gasteiger partial charge in [-0.15, -0.1) is 0 Å². The average Bonchev–Trinajstić information content (AvgIpc) is 3.07. The highest BCUT2D eigenvalue weighted by atomic mass is 19.1. The molecule has 0 heterocycles. The van der Waals surface area contributed by atoms with Crippen molar-refractivity contribution in [3.63, 3.8) is 0 Å². The van der Waals surface area contributed by atoms with Crippen LogP contribution in [-0.2, 0) is 6.42 Å². The summed E-state index contributed by atoms with van der Waals surface area (Å²) >= 11 is 0. The molecule has 0 radical (unpaired) electrons. The first-order chi connectivity index (χ1) is 11.1. The van der Waals surface area contributed by atoms with Crippen LogP contribution in [0.25, 0.3) is 0 Å². The summed E-state index contributed by atoms with van der Waals surface area (Å²) in [6, 6.07) is 3.11. The fourth-order valence-electron chi connectivity index (χ4n) is 4.18. The van der Waals surface area contributed by atoms with Crippen LogP contribution in [0.5, 0.6) is 0 Å². The first-order valence-corrected chi connectivity index (χ1v) is 8.17. The van der Waals surface area contributed by atoms with Crippen molar-refractivity contribution < 1.29 is 18.7 Å². The zero-order chi connectivity index (χ0) is 16.4. The van der Waals surface area contributed by atoms with Crippen molar-refractivity contribution in [2.45, 2.75) is 31.7 Å². The molecule has 2 fully saturated rings. The Kier molecular flexibility index (Phi) is 4.80. The Hall–Kier alpha value is -1.69. The molecule has 2 aliphatic rings. The Labute approximate surface area is 134 Å². The van der Waals surface area contributed by atoms with Crippen molar-refractivity contribution in [3.8, 4) is 0 Å². The summed E-state index contributed by atoms with van der Waals surface area (Å²) in [5.41, 5.74) is 0.510. The van der Waals surface area contributed by atoms with Gasteiger partial charge in [0, 0.05) is 31.2 Å². The number of halogens is 2. The van der Waals surface area contributed by atoms with Crippen molar-refractivity contribution in [2.24, 2.45) is 17.8 Å². The van der Waals surface area contributed by atoms with Crippen LogP contribution in [0.2, 0.25) is 0 Å². The standard InChI is InChI=1S/C17H22F2N2O2/c18-13-5-10(6-14(19)8-13)3-4-20-17(23)21-16-12-2-1-11(7-12)15(16)9-22/h5-6,8,11-12,15-16,22H,1-4,7,9H2,(H2,20,21,23). The molecular weight excluding hydrogens is 302 g/mol. The van der Waals surface area contributed by atoms with Gasteiger partial charge >= 0.3 is 6.03 Å². The second kappa shape index (κ2) is 6.83. The van der Waals surface area contributed by atoms with Crippen molar-refractivity contribution in [1.82, 2.24) is 10.6 Å². The Morgan fingerprint density at radius 3 is 2.57 bits per heavy atom. The quantitative estimate of drug-likeness (QED) is 0.778. The van der Waals surface area contributed by atoms with E-state index in [4.69, 9.17) is 0 Å². The second-order valence-electron chi connectivity index (χ2n) is 6.63. The number of amides is 2. The first-order valence-electron chi connectivity index (χ1n) is 8.17. The highest BCUT2D eigenvalue weighted by molar-refractivity contribution is 5.74. The molecule has 3 N–H and O–H groups in total. The number of benzene rings is 1. The van der Waals surface area contributed by atoms with Crippen LogP contribution in [0.1, 0.15) is 24.8 Å². The van der Waals surface area contributed by atoms with Gasteiger partial charge in [-0.3, -0.25) is 0 Å². The molecule has 2 aliphatic carbocycles. The predicted molar refractivity (Wildman–Crippen MR) is 81.8 cm³/mol. The average molecular weight is 324 g/mol. The number of fused-ring (bicyclic) bond motifs is 2. The van der Waals surface area contributed by atoms with E-state index in [1.807, 2.05) is 0 Å². The first kappa shape index (κ1) is 16.2. The Balaban J connectivity index is 1.46. The maximum Gasteiger partial charge on any atom is 0.315 e. The van der Waals surface area contributed by atoms with Gasteiger partial charge in [-0.2, -0.15) is 0 Å². The van der Waals surface area contributed by atoms with Gasteiger partial charge in [-0.05, 0) is 55.2 Å². The summed E-state index contributed by atoms with van der Waals surface area (Å²) < 4.78 is 26.2. The molecule has 2 amide bonds. The van der Waals surface area contributed by atoms with Gasteiger partial charge in [-0.25, -0.2) is 13.6 Å². The lowest BCUT2D eigenvalue weighted by Crippen LogP contribution is -2.49. The lowest BCUT2D eigenvalue weighted by Gasteiger charge is -2.30. The van der Waals surface area contributed by atoms with E-state index in [1.54, 1.807) is 0 Å². The van der Waals surface area contributed by atoms with Gasteiger partial charge in [0.15, 0.2) is 0 Å². The minimum atomic E-state index is -0.614. The number of carbonyl (C=O) groups is 1. The van der Waals surface area contributed by atoms with Crippen LogP contribution in [-0.4, -0.2) is 30.3 Å². The topological polar surface area (TPSA) is 61.4 Å². The number of rotatable bonds is 5. The molecule has 23 heavy (non-hydrogen) atoms. The fourth-order valence-corrected chi connectivity index (χ4v) is 4.18. The molecule has 1 aromatic rings. The number of carbonyl (C=O) groups excluding carboxylic acids is 1. The van der Waals surface area contributed by atoms with Crippen molar-refractivity contribution in [1.29, 1.82) is 0 Å². The summed E-state index contributed by atoms with van der Waals surface area (Å²) in [7, 11) is 0. The molecule has 126 valence electrons. The zero-order valence-corrected chi connectivity index (χ0v) is 12.9. The van der Waals surface area contributed by atoms with E-state index in [2.05, 4.69) is 10.6 Å². The lowest BCUT2D eigenvalue weighted by molar-refractivity contribution is 0.144. The fraction of sp³-hybridized carbons (Fsp3) is 0.588. The van der Waals surface area contributed by atoms with E-state index >= 15 is 0 Å². The van der Waals surface area contributed by atoms with Gasteiger partial charge in [0.25, 0.3) is 0 Å². The normalized spacial score (nSPS) is 28.8. The summed E-state index contributed by atoms with van der Waals surface area (Å²) in [6.45, 7) is 0.411. The third-order valence-corrected chi connectivity index (χ3v) is 5.22.